The van der Waals surface area contributed by atoms with Gasteiger partial charge in [-0.25, -0.2) is 0 Å². The quantitative estimate of drug-likeness (QED) is 0.868. The Bertz CT molecular complexity index is 389. The van der Waals surface area contributed by atoms with Crippen LogP contribution in [0.4, 0.5) is 0 Å². The standard InChI is InChI=1S/C17H28N2/c1-4-14-6-7-15(11-18-5-2)16(10-14)17-12-19-9-8-13(17)3/h8-9,12,14-16,18H,4-7,10-11H2,1-3H3. The third kappa shape index (κ3) is 3.56. The molecule has 0 aliphatic heterocycles. The SMILES string of the molecule is CCNCC1CCC(CC)CC1c1cnccc1C. The zero-order valence-electron chi connectivity index (χ0n) is 12.7. The molecule has 0 radical (unpaired) electrons. The van der Waals surface area contributed by atoms with E-state index in [1.54, 1.807) is 0 Å². The first-order valence-electron chi connectivity index (χ1n) is 7.87. The molecule has 1 aliphatic carbocycles. The maximum absolute atomic E-state index is 4.37. The Morgan fingerprint density at radius 1 is 1.32 bits per heavy atom. The molecule has 2 nitrogen and oxygen atoms in total. The van der Waals surface area contributed by atoms with Gasteiger partial charge in [-0.2, -0.15) is 0 Å². The van der Waals surface area contributed by atoms with E-state index < -0.39 is 0 Å². The average Bonchev–Trinajstić information content (AvgIpc) is 2.45. The Labute approximate surface area is 118 Å². The second-order valence-electron chi connectivity index (χ2n) is 5.99. The van der Waals surface area contributed by atoms with Crippen molar-refractivity contribution in [3.8, 4) is 0 Å². The average molecular weight is 260 g/mol. The Kier molecular flexibility index (Phi) is 5.38. The third-order valence-electron chi connectivity index (χ3n) is 4.81. The molecule has 2 rings (SSSR count). The maximum atomic E-state index is 4.37. The molecule has 1 heterocycles. The molecule has 2 heteroatoms. The first kappa shape index (κ1) is 14.5. The van der Waals surface area contributed by atoms with Crippen LogP contribution in [-0.2, 0) is 0 Å². The zero-order chi connectivity index (χ0) is 13.7. The smallest absolute Gasteiger partial charge is 0.0305 e. The van der Waals surface area contributed by atoms with Crippen LogP contribution in [0.3, 0.4) is 0 Å². The molecule has 0 saturated heterocycles. The van der Waals surface area contributed by atoms with E-state index in [4.69, 9.17) is 0 Å². The van der Waals surface area contributed by atoms with Gasteiger partial charge in [0.1, 0.15) is 0 Å². The van der Waals surface area contributed by atoms with Gasteiger partial charge < -0.3 is 5.32 Å². The van der Waals surface area contributed by atoms with Crippen molar-refractivity contribution in [2.45, 2.75) is 52.4 Å². The summed E-state index contributed by atoms with van der Waals surface area (Å²) in [6.07, 6.45) is 9.46. The highest BCUT2D eigenvalue weighted by atomic mass is 14.8. The molecule has 0 amide bonds. The molecule has 3 atom stereocenters. The molecule has 1 aromatic heterocycles. The van der Waals surface area contributed by atoms with Gasteiger partial charge in [-0.3, -0.25) is 4.98 Å². The van der Waals surface area contributed by atoms with E-state index in [0.717, 1.165) is 24.9 Å². The van der Waals surface area contributed by atoms with E-state index in [0.29, 0.717) is 5.92 Å². The number of hydrogen-bond acceptors (Lipinski definition) is 2. The molecule has 1 aliphatic rings. The molecule has 1 fully saturated rings. The topological polar surface area (TPSA) is 24.9 Å². The number of rotatable bonds is 5. The van der Waals surface area contributed by atoms with Gasteiger partial charge in [0.25, 0.3) is 0 Å². The summed E-state index contributed by atoms with van der Waals surface area (Å²) in [6.45, 7) is 9.00. The molecular weight excluding hydrogens is 232 g/mol. The predicted molar refractivity (Wildman–Crippen MR) is 81.4 cm³/mol. The Morgan fingerprint density at radius 2 is 2.16 bits per heavy atom. The molecule has 0 bridgehead atoms. The lowest BCUT2D eigenvalue weighted by atomic mass is 9.70. The van der Waals surface area contributed by atoms with E-state index in [-0.39, 0.29) is 0 Å². The molecule has 106 valence electrons. The van der Waals surface area contributed by atoms with Crippen LogP contribution < -0.4 is 5.32 Å². The van der Waals surface area contributed by atoms with Crippen LogP contribution in [0.1, 0.15) is 56.6 Å². The lowest BCUT2D eigenvalue weighted by Crippen LogP contribution is -2.32. The number of pyridine rings is 1. The Morgan fingerprint density at radius 3 is 2.84 bits per heavy atom. The van der Waals surface area contributed by atoms with Crippen LogP contribution in [0.5, 0.6) is 0 Å². The van der Waals surface area contributed by atoms with Gasteiger partial charge in [0.2, 0.25) is 0 Å². The van der Waals surface area contributed by atoms with Crippen molar-refractivity contribution < 1.29 is 0 Å². The van der Waals surface area contributed by atoms with E-state index >= 15 is 0 Å². The minimum atomic E-state index is 0.700. The highest BCUT2D eigenvalue weighted by Gasteiger charge is 2.31. The summed E-state index contributed by atoms with van der Waals surface area (Å²) in [4.78, 5) is 4.37. The van der Waals surface area contributed by atoms with E-state index in [2.05, 4.69) is 43.3 Å². The number of aryl methyl sites for hydroxylation is 1. The number of nitrogens with zero attached hydrogens (tertiary/aromatic N) is 1. The Hall–Kier alpha value is -0.890. The zero-order valence-corrected chi connectivity index (χ0v) is 12.7. The summed E-state index contributed by atoms with van der Waals surface area (Å²) < 4.78 is 0. The molecule has 19 heavy (non-hydrogen) atoms. The van der Waals surface area contributed by atoms with Crippen molar-refractivity contribution in [2.75, 3.05) is 13.1 Å². The van der Waals surface area contributed by atoms with Crippen LogP contribution in [0.15, 0.2) is 18.5 Å². The molecule has 1 aromatic rings. The van der Waals surface area contributed by atoms with Gasteiger partial charge in [-0.15, -0.1) is 0 Å². The van der Waals surface area contributed by atoms with Gasteiger partial charge in [-0.05, 0) is 67.8 Å². The van der Waals surface area contributed by atoms with Crippen molar-refractivity contribution in [2.24, 2.45) is 11.8 Å². The Balaban J connectivity index is 2.17. The largest absolute Gasteiger partial charge is 0.317 e. The fourth-order valence-corrected chi connectivity index (χ4v) is 3.51. The summed E-state index contributed by atoms with van der Waals surface area (Å²) in [7, 11) is 0. The van der Waals surface area contributed by atoms with Crippen molar-refractivity contribution in [3.05, 3.63) is 29.6 Å². The lowest BCUT2D eigenvalue weighted by molar-refractivity contribution is 0.226. The highest BCUT2D eigenvalue weighted by molar-refractivity contribution is 5.27. The van der Waals surface area contributed by atoms with Crippen molar-refractivity contribution in [1.29, 1.82) is 0 Å². The summed E-state index contributed by atoms with van der Waals surface area (Å²) in [6, 6.07) is 2.16. The monoisotopic (exact) mass is 260 g/mol. The molecule has 1 N–H and O–H groups in total. The summed E-state index contributed by atoms with van der Waals surface area (Å²) in [5.74, 6) is 2.39. The van der Waals surface area contributed by atoms with Crippen molar-refractivity contribution in [1.82, 2.24) is 10.3 Å². The second-order valence-corrected chi connectivity index (χ2v) is 5.99. The van der Waals surface area contributed by atoms with Crippen molar-refractivity contribution >= 4 is 0 Å². The van der Waals surface area contributed by atoms with Gasteiger partial charge in [0, 0.05) is 12.4 Å². The van der Waals surface area contributed by atoms with Crippen LogP contribution in [0, 0.1) is 18.8 Å². The first-order valence-corrected chi connectivity index (χ1v) is 7.87. The number of nitrogens with one attached hydrogen (secondary N) is 1. The fourth-order valence-electron chi connectivity index (χ4n) is 3.51. The van der Waals surface area contributed by atoms with Crippen LogP contribution in [-0.4, -0.2) is 18.1 Å². The van der Waals surface area contributed by atoms with E-state index in [1.807, 2.05) is 6.20 Å². The van der Waals surface area contributed by atoms with E-state index in [1.165, 1.54) is 36.8 Å². The van der Waals surface area contributed by atoms with Gasteiger partial charge in [-0.1, -0.05) is 26.7 Å². The number of hydrogen-bond donors (Lipinski definition) is 1. The van der Waals surface area contributed by atoms with Gasteiger partial charge >= 0.3 is 0 Å². The minimum Gasteiger partial charge on any atom is -0.317 e. The van der Waals surface area contributed by atoms with Crippen LogP contribution in [0.2, 0.25) is 0 Å². The molecule has 1 saturated carbocycles. The van der Waals surface area contributed by atoms with Gasteiger partial charge in [0.05, 0.1) is 0 Å². The molecular formula is C17H28N2. The molecule has 3 unspecified atom stereocenters. The van der Waals surface area contributed by atoms with E-state index in [9.17, 15) is 0 Å². The fraction of sp³-hybridized carbons (Fsp3) is 0.706. The maximum Gasteiger partial charge on any atom is 0.0305 e. The normalized spacial score (nSPS) is 27.4. The minimum absolute atomic E-state index is 0.700. The first-order chi connectivity index (χ1) is 9.26. The second kappa shape index (κ2) is 7.04. The summed E-state index contributed by atoms with van der Waals surface area (Å²) >= 11 is 0. The lowest BCUT2D eigenvalue weighted by Gasteiger charge is -2.37. The highest BCUT2D eigenvalue weighted by Crippen LogP contribution is 2.42. The number of aromatic nitrogens is 1. The predicted octanol–water partition coefficient (Wildman–Crippen LogP) is 3.91. The van der Waals surface area contributed by atoms with Gasteiger partial charge in [0.15, 0.2) is 0 Å². The van der Waals surface area contributed by atoms with Crippen LogP contribution >= 0.6 is 0 Å². The molecule has 0 aromatic carbocycles. The van der Waals surface area contributed by atoms with Crippen molar-refractivity contribution in [3.63, 3.8) is 0 Å². The summed E-state index contributed by atoms with van der Waals surface area (Å²) in [5, 5.41) is 3.55. The third-order valence-corrected chi connectivity index (χ3v) is 4.81. The van der Waals surface area contributed by atoms with Crippen LogP contribution in [0.25, 0.3) is 0 Å². The summed E-state index contributed by atoms with van der Waals surface area (Å²) in [5.41, 5.74) is 2.90. The molecule has 0 spiro atoms.